The Hall–Kier alpha value is -2.08. The topological polar surface area (TPSA) is 84.9 Å². The summed E-state index contributed by atoms with van der Waals surface area (Å²) in [6, 6.07) is 7.14. The minimum absolute atomic E-state index is 0.0968. The van der Waals surface area contributed by atoms with Crippen LogP contribution >= 0.6 is 15.9 Å². The van der Waals surface area contributed by atoms with Gasteiger partial charge in [-0.2, -0.15) is 0 Å². The molecule has 0 amide bonds. The van der Waals surface area contributed by atoms with Crippen molar-refractivity contribution >= 4 is 38.7 Å². The van der Waals surface area contributed by atoms with Crippen LogP contribution in [0.3, 0.4) is 0 Å². The van der Waals surface area contributed by atoms with Crippen molar-refractivity contribution in [3.63, 3.8) is 0 Å². The van der Waals surface area contributed by atoms with Crippen LogP contribution in [0.1, 0.15) is 21.6 Å². The lowest BCUT2D eigenvalue weighted by molar-refractivity contribution is 0.104. The molecule has 0 spiro atoms. The maximum Gasteiger partial charge on any atom is 0.248 e. The van der Waals surface area contributed by atoms with Crippen molar-refractivity contribution < 1.29 is 9.21 Å². The van der Waals surface area contributed by atoms with Crippen LogP contribution in [0.2, 0.25) is 0 Å². The van der Waals surface area contributed by atoms with Crippen LogP contribution < -0.4 is 5.73 Å². The van der Waals surface area contributed by atoms with E-state index < -0.39 is 0 Å². The fourth-order valence-corrected chi connectivity index (χ4v) is 2.45. The third kappa shape index (κ3) is 1.84. The number of anilines is 1. The van der Waals surface area contributed by atoms with E-state index in [2.05, 4.69) is 26.1 Å². The number of rotatable bonds is 2. The molecule has 6 heteroatoms. The van der Waals surface area contributed by atoms with Gasteiger partial charge in [0.2, 0.25) is 11.6 Å². The summed E-state index contributed by atoms with van der Waals surface area (Å²) in [5, 5.41) is 7.38. The molecule has 2 heterocycles. The van der Waals surface area contributed by atoms with E-state index in [-0.39, 0.29) is 11.7 Å². The van der Waals surface area contributed by atoms with Crippen LogP contribution in [0.4, 0.5) is 5.88 Å². The summed E-state index contributed by atoms with van der Waals surface area (Å²) in [6.07, 6.45) is 0. The number of halogens is 1. The van der Waals surface area contributed by atoms with E-state index in [1.54, 1.807) is 18.2 Å². The van der Waals surface area contributed by atoms with Gasteiger partial charge in [-0.05, 0) is 19.1 Å². The van der Waals surface area contributed by atoms with Crippen LogP contribution in [-0.4, -0.2) is 16.0 Å². The number of hydrogen-bond donors (Lipinski definition) is 2. The second-order valence-corrected chi connectivity index (χ2v) is 5.13. The minimum atomic E-state index is -0.179. The highest BCUT2D eigenvalue weighted by Gasteiger charge is 2.23. The van der Waals surface area contributed by atoms with E-state index in [0.29, 0.717) is 22.2 Å². The lowest BCUT2D eigenvalue weighted by Crippen LogP contribution is -2.03. The van der Waals surface area contributed by atoms with E-state index in [1.165, 1.54) is 0 Å². The molecular formula is C13H10BrN3O2. The van der Waals surface area contributed by atoms with Gasteiger partial charge in [-0.25, -0.2) is 0 Å². The van der Waals surface area contributed by atoms with Gasteiger partial charge in [0.05, 0.1) is 10.9 Å². The molecule has 0 unspecified atom stereocenters. The number of ketones is 1. The molecule has 0 aliphatic heterocycles. The number of nitrogens with two attached hydrogens (primary N) is 1. The van der Waals surface area contributed by atoms with Gasteiger partial charge in [-0.1, -0.05) is 28.1 Å². The van der Waals surface area contributed by atoms with Crippen molar-refractivity contribution in [2.45, 2.75) is 6.92 Å². The van der Waals surface area contributed by atoms with Crippen molar-refractivity contribution in [1.82, 2.24) is 10.2 Å². The summed E-state index contributed by atoms with van der Waals surface area (Å²) in [6.45, 7) is 1.82. The number of aromatic nitrogens is 2. The first-order valence-electron chi connectivity index (χ1n) is 5.61. The molecule has 0 saturated heterocycles. The predicted molar refractivity (Wildman–Crippen MR) is 75.1 cm³/mol. The standard InChI is InChI=1S/C13H10BrN3O2/c1-6-9-10(12(15)19-13(9)17-16-6)11(18)7-3-2-4-8(14)5-7/h2-5H,15H2,1H3,(H,16,17). The van der Waals surface area contributed by atoms with E-state index in [0.717, 1.165) is 10.2 Å². The van der Waals surface area contributed by atoms with Gasteiger partial charge in [0.25, 0.3) is 0 Å². The fraction of sp³-hybridized carbons (Fsp3) is 0.0769. The van der Waals surface area contributed by atoms with Gasteiger partial charge in [-0.15, -0.1) is 5.10 Å². The van der Waals surface area contributed by atoms with Gasteiger partial charge in [-0.3, -0.25) is 9.89 Å². The molecule has 0 aliphatic rings. The van der Waals surface area contributed by atoms with Crippen LogP contribution in [0.5, 0.6) is 0 Å². The Balaban J connectivity index is 2.21. The normalized spacial score (nSPS) is 11.1. The van der Waals surface area contributed by atoms with Crippen molar-refractivity contribution in [2.24, 2.45) is 0 Å². The van der Waals surface area contributed by atoms with Crippen molar-refractivity contribution in [1.29, 1.82) is 0 Å². The average Bonchev–Trinajstić information content (AvgIpc) is 2.88. The molecule has 3 rings (SSSR count). The number of carbonyl (C=O) groups is 1. The first kappa shape index (κ1) is 12.0. The zero-order chi connectivity index (χ0) is 13.6. The molecule has 19 heavy (non-hydrogen) atoms. The molecule has 0 fully saturated rings. The van der Waals surface area contributed by atoms with Crippen molar-refractivity contribution in [3.05, 3.63) is 45.6 Å². The molecule has 96 valence electrons. The van der Waals surface area contributed by atoms with Gasteiger partial charge in [0.15, 0.2) is 5.78 Å². The van der Waals surface area contributed by atoms with Crippen molar-refractivity contribution in [2.75, 3.05) is 5.73 Å². The molecule has 3 N–H and O–H groups in total. The number of nitrogens with one attached hydrogen (secondary N) is 1. The predicted octanol–water partition coefficient (Wildman–Crippen LogP) is 3.04. The molecule has 5 nitrogen and oxygen atoms in total. The number of furan rings is 1. The number of hydrogen-bond acceptors (Lipinski definition) is 4. The number of aromatic amines is 1. The quantitative estimate of drug-likeness (QED) is 0.711. The first-order chi connectivity index (χ1) is 9.08. The molecule has 0 atom stereocenters. The third-order valence-electron chi connectivity index (χ3n) is 2.93. The summed E-state index contributed by atoms with van der Waals surface area (Å²) < 4.78 is 6.13. The van der Waals surface area contributed by atoms with Crippen molar-refractivity contribution in [3.8, 4) is 0 Å². The molecule has 3 aromatic rings. The summed E-state index contributed by atoms with van der Waals surface area (Å²) >= 11 is 3.34. The van der Waals surface area contributed by atoms with Gasteiger partial charge < -0.3 is 10.2 Å². The molecule has 0 aliphatic carbocycles. The maximum atomic E-state index is 12.5. The smallest absolute Gasteiger partial charge is 0.248 e. The molecule has 0 saturated carbocycles. The fourth-order valence-electron chi connectivity index (χ4n) is 2.05. The Bertz CT molecular complexity index is 788. The number of H-pyrrole nitrogens is 1. The van der Waals surface area contributed by atoms with E-state index in [1.807, 2.05) is 13.0 Å². The number of benzene rings is 1. The van der Waals surface area contributed by atoms with Gasteiger partial charge in [0, 0.05) is 15.7 Å². The zero-order valence-electron chi connectivity index (χ0n) is 10.0. The number of nitrogen functional groups attached to an aromatic ring is 1. The van der Waals surface area contributed by atoms with E-state index in [9.17, 15) is 4.79 Å². The highest BCUT2D eigenvalue weighted by Crippen LogP contribution is 2.31. The summed E-state index contributed by atoms with van der Waals surface area (Å²) in [5.41, 5.74) is 7.81. The van der Waals surface area contributed by atoms with Gasteiger partial charge in [0.1, 0.15) is 0 Å². The molecular weight excluding hydrogens is 310 g/mol. The monoisotopic (exact) mass is 319 g/mol. The van der Waals surface area contributed by atoms with Crippen LogP contribution in [0.15, 0.2) is 33.2 Å². The highest BCUT2D eigenvalue weighted by atomic mass is 79.9. The van der Waals surface area contributed by atoms with Crippen LogP contribution in [0.25, 0.3) is 11.1 Å². The number of carbonyl (C=O) groups excluding carboxylic acids is 1. The Morgan fingerprint density at radius 3 is 3.00 bits per heavy atom. The Labute approximate surface area is 116 Å². The molecule has 0 radical (unpaired) electrons. The lowest BCUT2D eigenvalue weighted by Gasteiger charge is -2.01. The summed E-state index contributed by atoms with van der Waals surface area (Å²) in [5.74, 6) is -0.0818. The van der Waals surface area contributed by atoms with Gasteiger partial charge >= 0.3 is 0 Å². The Kier molecular flexibility index (Phi) is 2.67. The molecule has 1 aromatic carbocycles. The third-order valence-corrected chi connectivity index (χ3v) is 3.42. The largest absolute Gasteiger partial charge is 0.420 e. The van der Waals surface area contributed by atoms with E-state index >= 15 is 0 Å². The second-order valence-electron chi connectivity index (χ2n) is 4.21. The lowest BCUT2D eigenvalue weighted by atomic mass is 10.0. The van der Waals surface area contributed by atoms with Crippen LogP contribution in [0, 0.1) is 6.92 Å². The first-order valence-corrected chi connectivity index (χ1v) is 6.40. The zero-order valence-corrected chi connectivity index (χ0v) is 11.6. The number of fused-ring (bicyclic) bond motifs is 1. The Morgan fingerprint density at radius 1 is 1.47 bits per heavy atom. The number of aryl methyl sites for hydroxylation is 1. The summed E-state index contributed by atoms with van der Waals surface area (Å²) in [4.78, 5) is 12.5. The van der Waals surface area contributed by atoms with E-state index in [4.69, 9.17) is 10.2 Å². The average molecular weight is 320 g/mol. The number of nitrogens with zero attached hydrogens (tertiary/aromatic N) is 1. The maximum absolute atomic E-state index is 12.5. The second kappa shape index (κ2) is 4.24. The van der Waals surface area contributed by atoms with Crippen LogP contribution in [-0.2, 0) is 0 Å². The summed E-state index contributed by atoms with van der Waals surface area (Å²) in [7, 11) is 0. The SMILES string of the molecule is Cc1[nH]nc2oc(N)c(C(=O)c3cccc(Br)c3)c12. The minimum Gasteiger partial charge on any atom is -0.420 e. The Morgan fingerprint density at radius 2 is 2.26 bits per heavy atom. The highest BCUT2D eigenvalue weighted by molar-refractivity contribution is 9.10. The molecule has 2 aromatic heterocycles. The molecule has 0 bridgehead atoms.